The smallest absolute Gasteiger partial charge is 0.213 e. The quantitative estimate of drug-likeness (QED) is 0.335. The Balaban J connectivity index is 1.12. The minimum absolute atomic E-state index is 0.0707. The average molecular weight is 486 g/mol. The van der Waals surface area contributed by atoms with Crippen molar-refractivity contribution in [1.82, 2.24) is 19.5 Å². The Kier molecular flexibility index (Phi) is 6.12. The number of aromatic nitrogens is 3. The highest BCUT2D eigenvalue weighted by atomic mass is 32.1. The molecule has 1 saturated heterocycles. The van der Waals surface area contributed by atoms with E-state index in [1.807, 2.05) is 35.0 Å². The molecule has 3 heterocycles. The van der Waals surface area contributed by atoms with E-state index in [9.17, 15) is 4.79 Å². The highest BCUT2D eigenvalue weighted by Crippen LogP contribution is 2.30. The molecule has 1 aliphatic heterocycles. The van der Waals surface area contributed by atoms with E-state index < -0.39 is 0 Å². The van der Waals surface area contributed by atoms with Gasteiger partial charge in [0, 0.05) is 54.6 Å². The summed E-state index contributed by atoms with van der Waals surface area (Å²) in [4.78, 5) is 22.4. The molecule has 0 unspecified atom stereocenters. The number of carbonyl (C=O) groups excluding carboxylic acids is 1. The molecule has 4 aromatic rings. The van der Waals surface area contributed by atoms with Crippen molar-refractivity contribution >= 4 is 27.8 Å². The van der Waals surface area contributed by atoms with Crippen LogP contribution in [-0.2, 0) is 0 Å². The summed E-state index contributed by atoms with van der Waals surface area (Å²) in [7, 11) is 0. The van der Waals surface area contributed by atoms with Crippen molar-refractivity contribution < 1.29 is 4.79 Å². The fraction of sp³-hybridized carbons (Fsp3) is 0.393. The number of hydrogen-bond acceptors (Lipinski definition) is 6. The number of hydrogen-bond donors (Lipinski definition) is 0. The lowest BCUT2D eigenvalue weighted by molar-refractivity contribution is 0.101. The second-order valence-corrected chi connectivity index (χ2v) is 10.7. The second-order valence-electron chi connectivity index (χ2n) is 9.76. The first kappa shape index (κ1) is 22.4. The van der Waals surface area contributed by atoms with Gasteiger partial charge in [-0.25, -0.2) is 9.50 Å². The number of rotatable bonds is 5. The fourth-order valence-corrected chi connectivity index (χ4v) is 6.32. The summed E-state index contributed by atoms with van der Waals surface area (Å²) in [5.41, 5.74) is 4.99. The zero-order valence-corrected chi connectivity index (χ0v) is 21.0. The van der Waals surface area contributed by atoms with Crippen molar-refractivity contribution in [1.29, 1.82) is 0 Å². The van der Waals surface area contributed by atoms with E-state index in [0.29, 0.717) is 5.56 Å². The first-order valence-corrected chi connectivity index (χ1v) is 13.5. The Labute approximate surface area is 210 Å². The van der Waals surface area contributed by atoms with Crippen LogP contribution in [-0.4, -0.2) is 57.5 Å². The molecule has 2 fully saturated rings. The summed E-state index contributed by atoms with van der Waals surface area (Å²) in [6.07, 6.45) is 8.97. The zero-order valence-electron chi connectivity index (χ0n) is 20.2. The molecule has 0 radical (unpaired) electrons. The van der Waals surface area contributed by atoms with Crippen molar-refractivity contribution in [2.24, 2.45) is 0 Å². The molecule has 2 aliphatic rings. The Hall–Kier alpha value is -3.03. The number of benzene rings is 2. The van der Waals surface area contributed by atoms with E-state index in [2.05, 4.69) is 34.1 Å². The number of fused-ring (bicyclic) bond motifs is 1. The summed E-state index contributed by atoms with van der Waals surface area (Å²) < 4.78 is 1.85. The molecule has 2 aromatic heterocycles. The number of imidazole rings is 1. The molecule has 1 saturated carbocycles. The van der Waals surface area contributed by atoms with E-state index in [-0.39, 0.29) is 5.78 Å². The summed E-state index contributed by atoms with van der Waals surface area (Å²) in [5, 5.41) is 5.75. The number of ketones is 1. The topological polar surface area (TPSA) is 53.7 Å². The van der Waals surface area contributed by atoms with Crippen LogP contribution in [0.2, 0.25) is 0 Å². The van der Waals surface area contributed by atoms with Gasteiger partial charge in [-0.1, -0.05) is 54.9 Å². The molecule has 7 heteroatoms. The lowest BCUT2D eigenvalue weighted by Gasteiger charge is -2.41. The molecule has 1 aliphatic carbocycles. The predicted octanol–water partition coefficient (Wildman–Crippen LogP) is 5.78. The molecular weight excluding hydrogens is 454 g/mol. The number of piperazine rings is 1. The monoisotopic (exact) mass is 485 g/mol. The number of nitrogens with zero attached hydrogens (tertiary/aromatic N) is 5. The van der Waals surface area contributed by atoms with Crippen LogP contribution >= 0.6 is 11.3 Å². The number of carbonyl (C=O) groups is 1. The lowest BCUT2D eigenvalue weighted by atomic mass is 9.94. The van der Waals surface area contributed by atoms with Crippen LogP contribution in [0.5, 0.6) is 0 Å². The Morgan fingerprint density at radius 1 is 0.886 bits per heavy atom. The van der Waals surface area contributed by atoms with Crippen LogP contribution in [0.25, 0.3) is 26.8 Å². The van der Waals surface area contributed by atoms with Gasteiger partial charge in [0.15, 0.2) is 5.78 Å². The Morgan fingerprint density at radius 3 is 2.23 bits per heavy atom. The van der Waals surface area contributed by atoms with Gasteiger partial charge < -0.3 is 4.90 Å². The minimum Gasteiger partial charge on any atom is -0.369 e. The maximum atomic E-state index is 11.5. The summed E-state index contributed by atoms with van der Waals surface area (Å²) in [5.74, 6) is 0.0707. The summed E-state index contributed by atoms with van der Waals surface area (Å²) in [6, 6.07) is 17.2. The van der Waals surface area contributed by atoms with Gasteiger partial charge in [-0.2, -0.15) is 5.10 Å². The second kappa shape index (κ2) is 9.55. The molecule has 0 spiro atoms. The maximum Gasteiger partial charge on any atom is 0.213 e. The SMILES string of the molecule is CC(=O)c1ccc(-c2cn3nc(-c4ccc(N5CCN(C6CCCCC6)CC5)cc4)sc3n2)cc1. The Morgan fingerprint density at radius 2 is 1.57 bits per heavy atom. The molecule has 35 heavy (non-hydrogen) atoms. The van der Waals surface area contributed by atoms with Gasteiger partial charge in [0.05, 0.1) is 11.9 Å². The zero-order chi connectivity index (χ0) is 23.8. The first-order valence-electron chi connectivity index (χ1n) is 12.7. The molecule has 6 rings (SSSR count). The third-order valence-electron chi connectivity index (χ3n) is 7.52. The van der Waals surface area contributed by atoms with Crippen LogP contribution in [0, 0.1) is 0 Å². The van der Waals surface area contributed by atoms with E-state index >= 15 is 0 Å². The van der Waals surface area contributed by atoms with Gasteiger partial charge in [0.1, 0.15) is 5.01 Å². The van der Waals surface area contributed by atoms with E-state index in [0.717, 1.165) is 45.9 Å². The molecule has 0 amide bonds. The third-order valence-corrected chi connectivity index (χ3v) is 8.49. The van der Waals surface area contributed by atoms with Crippen LogP contribution in [0.3, 0.4) is 0 Å². The highest BCUT2D eigenvalue weighted by molar-refractivity contribution is 7.19. The highest BCUT2D eigenvalue weighted by Gasteiger charge is 2.25. The van der Waals surface area contributed by atoms with Crippen LogP contribution in [0.15, 0.2) is 54.7 Å². The number of Topliss-reactive ketones (excluding diaryl/α,β-unsaturated/α-hetero) is 1. The van der Waals surface area contributed by atoms with E-state index in [4.69, 9.17) is 10.1 Å². The van der Waals surface area contributed by atoms with Crippen molar-refractivity contribution in [2.75, 3.05) is 31.1 Å². The van der Waals surface area contributed by atoms with Crippen LogP contribution in [0.1, 0.15) is 49.4 Å². The number of anilines is 1. The van der Waals surface area contributed by atoms with Crippen molar-refractivity contribution in [2.45, 2.75) is 45.1 Å². The molecular formula is C28H31N5OS. The molecule has 2 aromatic carbocycles. The van der Waals surface area contributed by atoms with Gasteiger partial charge in [-0.15, -0.1) is 0 Å². The standard InChI is InChI=1S/C28H31N5OS/c1-20(34)21-7-9-22(10-8-21)26-19-33-28(29-26)35-27(30-33)23-11-13-25(14-12-23)32-17-15-31(16-18-32)24-5-3-2-4-6-24/h7-14,19,24H,2-6,15-18H2,1H3. The van der Waals surface area contributed by atoms with Crippen molar-refractivity contribution in [3.8, 4) is 21.8 Å². The van der Waals surface area contributed by atoms with Gasteiger partial charge in [-0.05, 0) is 44.0 Å². The molecule has 180 valence electrons. The predicted molar refractivity (Wildman–Crippen MR) is 142 cm³/mol. The van der Waals surface area contributed by atoms with Crippen LogP contribution in [0.4, 0.5) is 5.69 Å². The van der Waals surface area contributed by atoms with Gasteiger partial charge in [0.2, 0.25) is 4.96 Å². The molecule has 6 nitrogen and oxygen atoms in total. The summed E-state index contributed by atoms with van der Waals surface area (Å²) >= 11 is 1.60. The average Bonchev–Trinajstić information content (AvgIpc) is 3.49. The van der Waals surface area contributed by atoms with E-state index in [1.165, 1.54) is 50.9 Å². The Bertz CT molecular complexity index is 1280. The molecule has 0 atom stereocenters. The van der Waals surface area contributed by atoms with E-state index in [1.54, 1.807) is 18.3 Å². The normalized spacial score (nSPS) is 17.8. The summed E-state index contributed by atoms with van der Waals surface area (Å²) in [6.45, 7) is 6.15. The third kappa shape index (κ3) is 4.62. The van der Waals surface area contributed by atoms with Crippen molar-refractivity contribution in [3.05, 3.63) is 60.3 Å². The molecule has 0 bridgehead atoms. The fourth-order valence-electron chi connectivity index (χ4n) is 5.44. The lowest BCUT2D eigenvalue weighted by Crippen LogP contribution is -2.50. The minimum atomic E-state index is 0.0707. The van der Waals surface area contributed by atoms with Gasteiger partial charge >= 0.3 is 0 Å². The largest absolute Gasteiger partial charge is 0.369 e. The van der Waals surface area contributed by atoms with Gasteiger partial charge in [0.25, 0.3) is 0 Å². The van der Waals surface area contributed by atoms with Crippen molar-refractivity contribution in [3.63, 3.8) is 0 Å². The molecule has 0 N–H and O–H groups in total. The van der Waals surface area contributed by atoms with Gasteiger partial charge in [-0.3, -0.25) is 9.69 Å². The van der Waals surface area contributed by atoms with Crippen LogP contribution < -0.4 is 4.90 Å². The first-order chi connectivity index (χ1) is 17.1. The maximum absolute atomic E-state index is 11.5.